The fraction of sp³-hybridized carbons (Fsp3) is 1.00. The lowest BCUT2D eigenvalue weighted by atomic mass is 10.0. The second-order valence-electron chi connectivity index (χ2n) is 4.78. The Morgan fingerprint density at radius 3 is 2.69 bits per heavy atom. The van der Waals surface area contributed by atoms with Crippen molar-refractivity contribution in [2.75, 3.05) is 26.2 Å². The molecule has 0 bridgehead atoms. The predicted octanol–water partition coefficient (Wildman–Crippen LogP) is 0.441. The van der Waals surface area contributed by atoms with E-state index in [4.69, 9.17) is 5.11 Å². The Hall–Kier alpha value is -0.120. The van der Waals surface area contributed by atoms with Crippen molar-refractivity contribution in [1.29, 1.82) is 0 Å². The molecule has 1 unspecified atom stereocenters. The number of aliphatic hydroxyl groups excluding tert-OH is 1. The van der Waals surface area contributed by atoms with E-state index in [0.29, 0.717) is 6.04 Å². The van der Waals surface area contributed by atoms with Crippen molar-refractivity contribution in [2.24, 2.45) is 0 Å². The lowest BCUT2D eigenvalue weighted by Gasteiger charge is -2.42. The van der Waals surface area contributed by atoms with E-state index < -0.39 is 0 Å². The first kappa shape index (κ1) is 11.0. The third-order valence-electron chi connectivity index (χ3n) is 2.68. The molecule has 0 aromatic rings. The molecule has 1 fully saturated rings. The molecular formula is C10H22N2O. The molecule has 0 aromatic heterocycles. The van der Waals surface area contributed by atoms with Crippen LogP contribution in [-0.2, 0) is 0 Å². The highest BCUT2D eigenvalue weighted by Crippen LogP contribution is 2.15. The first-order valence-electron chi connectivity index (χ1n) is 5.13. The Bertz CT molecular complexity index is 151. The minimum absolute atomic E-state index is 0.260. The van der Waals surface area contributed by atoms with Gasteiger partial charge in [-0.1, -0.05) is 0 Å². The van der Waals surface area contributed by atoms with Crippen molar-refractivity contribution in [1.82, 2.24) is 10.2 Å². The number of piperazine rings is 1. The minimum Gasteiger partial charge on any atom is -0.396 e. The molecule has 0 saturated carbocycles. The van der Waals surface area contributed by atoms with Crippen LogP contribution in [0.4, 0.5) is 0 Å². The summed E-state index contributed by atoms with van der Waals surface area (Å²) in [7, 11) is 0. The zero-order valence-corrected chi connectivity index (χ0v) is 9.01. The number of hydrogen-bond donors (Lipinski definition) is 2. The summed E-state index contributed by atoms with van der Waals surface area (Å²) in [5.74, 6) is 0. The average molecular weight is 186 g/mol. The zero-order valence-electron chi connectivity index (χ0n) is 9.01. The van der Waals surface area contributed by atoms with E-state index in [1.165, 1.54) is 0 Å². The van der Waals surface area contributed by atoms with Crippen LogP contribution in [-0.4, -0.2) is 47.8 Å². The van der Waals surface area contributed by atoms with E-state index in [1.807, 2.05) is 0 Å². The molecule has 3 nitrogen and oxygen atoms in total. The highest BCUT2D eigenvalue weighted by atomic mass is 16.3. The summed E-state index contributed by atoms with van der Waals surface area (Å²) < 4.78 is 0. The van der Waals surface area contributed by atoms with Gasteiger partial charge in [-0.15, -0.1) is 0 Å². The molecule has 1 heterocycles. The summed E-state index contributed by atoms with van der Waals surface area (Å²) in [5.41, 5.74) is 0.260. The summed E-state index contributed by atoms with van der Waals surface area (Å²) in [6, 6.07) is 0.470. The summed E-state index contributed by atoms with van der Waals surface area (Å²) in [4.78, 5) is 2.48. The molecule has 0 aliphatic carbocycles. The van der Waals surface area contributed by atoms with Gasteiger partial charge in [0.2, 0.25) is 0 Å². The van der Waals surface area contributed by atoms with Gasteiger partial charge < -0.3 is 10.4 Å². The van der Waals surface area contributed by atoms with Crippen LogP contribution in [0.2, 0.25) is 0 Å². The quantitative estimate of drug-likeness (QED) is 0.657. The smallest absolute Gasteiger partial charge is 0.0446 e. The van der Waals surface area contributed by atoms with Crippen LogP contribution >= 0.6 is 0 Å². The van der Waals surface area contributed by atoms with E-state index in [-0.39, 0.29) is 12.1 Å². The van der Waals surface area contributed by atoms with E-state index >= 15 is 0 Å². The maximum Gasteiger partial charge on any atom is 0.0446 e. The lowest BCUT2D eigenvalue weighted by molar-refractivity contribution is 0.0876. The van der Waals surface area contributed by atoms with Crippen molar-refractivity contribution in [2.45, 2.75) is 38.8 Å². The van der Waals surface area contributed by atoms with Crippen molar-refractivity contribution in [3.63, 3.8) is 0 Å². The highest BCUT2D eigenvalue weighted by Gasteiger charge is 2.26. The summed E-state index contributed by atoms with van der Waals surface area (Å²) >= 11 is 0. The van der Waals surface area contributed by atoms with Crippen LogP contribution in [0.3, 0.4) is 0 Å². The van der Waals surface area contributed by atoms with Gasteiger partial charge in [0.05, 0.1) is 0 Å². The van der Waals surface area contributed by atoms with Crippen LogP contribution in [0.1, 0.15) is 27.2 Å². The number of hydrogen-bond acceptors (Lipinski definition) is 3. The largest absolute Gasteiger partial charge is 0.396 e. The first-order valence-corrected chi connectivity index (χ1v) is 5.13. The van der Waals surface area contributed by atoms with Gasteiger partial charge in [0.25, 0.3) is 0 Å². The fourth-order valence-corrected chi connectivity index (χ4v) is 1.78. The summed E-state index contributed by atoms with van der Waals surface area (Å²) in [6.07, 6.45) is 0.868. The maximum atomic E-state index is 8.85. The van der Waals surface area contributed by atoms with E-state index in [9.17, 15) is 0 Å². The third kappa shape index (κ3) is 3.25. The second-order valence-corrected chi connectivity index (χ2v) is 4.78. The normalized spacial score (nSPS) is 26.3. The van der Waals surface area contributed by atoms with Crippen LogP contribution in [0.25, 0.3) is 0 Å². The van der Waals surface area contributed by atoms with Crippen LogP contribution in [0.15, 0.2) is 0 Å². The van der Waals surface area contributed by atoms with Gasteiger partial charge in [0.1, 0.15) is 0 Å². The van der Waals surface area contributed by atoms with Crippen molar-refractivity contribution >= 4 is 0 Å². The molecule has 3 heteroatoms. The molecule has 0 spiro atoms. The standard InChI is InChI=1S/C10H22N2O/c1-10(2,3)12-6-5-11-9(8-12)4-7-13/h9,11,13H,4-8H2,1-3H3. The second kappa shape index (κ2) is 4.40. The Balaban J connectivity index is 2.42. The molecule has 0 radical (unpaired) electrons. The predicted molar refractivity (Wildman–Crippen MR) is 54.8 cm³/mol. The molecule has 1 rings (SSSR count). The van der Waals surface area contributed by atoms with E-state index in [1.54, 1.807) is 0 Å². The van der Waals surface area contributed by atoms with E-state index in [0.717, 1.165) is 26.1 Å². The average Bonchev–Trinajstić information content (AvgIpc) is 2.04. The topological polar surface area (TPSA) is 35.5 Å². The molecular weight excluding hydrogens is 164 g/mol. The minimum atomic E-state index is 0.260. The fourth-order valence-electron chi connectivity index (χ4n) is 1.78. The monoisotopic (exact) mass is 186 g/mol. The van der Waals surface area contributed by atoms with Crippen molar-refractivity contribution in [3.8, 4) is 0 Å². The first-order chi connectivity index (χ1) is 6.04. The molecule has 1 aliphatic heterocycles. The van der Waals surface area contributed by atoms with Gasteiger partial charge in [0.15, 0.2) is 0 Å². The Morgan fingerprint density at radius 1 is 1.46 bits per heavy atom. The molecule has 1 saturated heterocycles. The number of aliphatic hydroxyl groups is 1. The van der Waals surface area contributed by atoms with Gasteiger partial charge in [-0.05, 0) is 27.2 Å². The molecule has 1 atom stereocenters. The van der Waals surface area contributed by atoms with Crippen molar-refractivity contribution < 1.29 is 5.11 Å². The highest BCUT2D eigenvalue weighted by molar-refractivity contribution is 4.85. The Morgan fingerprint density at radius 2 is 2.15 bits per heavy atom. The van der Waals surface area contributed by atoms with Crippen LogP contribution in [0.5, 0.6) is 0 Å². The Kier molecular flexibility index (Phi) is 3.71. The summed E-state index contributed by atoms with van der Waals surface area (Å²) in [5, 5.41) is 12.3. The maximum absolute atomic E-state index is 8.85. The molecule has 0 aromatic carbocycles. The molecule has 13 heavy (non-hydrogen) atoms. The Labute approximate surface area is 81.1 Å². The van der Waals surface area contributed by atoms with Gasteiger partial charge >= 0.3 is 0 Å². The third-order valence-corrected chi connectivity index (χ3v) is 2.68. The van der Waals surface area contributed by atoms with Crippen LogP contribution in [0, 0.1) is 0 Å². The molecule has 78 valence electrons. The van der Waals surface area contributed by atoms with Gasteiger partial charge in [0, 0.05) is 37.8 Å². The zero-order chi connectivity index (χ0) is 9.90. The summed E-state index contributed by atoms with van der Waals surface area (Å²) in [6.45, 7) is 10.2. The van der Waals surface area contributed by atoms with E-state index in [2.05, 4.69) is 31.0 Å². The van der Waals surface area contributed by atoms with Gasteiger partial charge in [-0.25, -0.2) is 0 Å². The molecule has 1 aliphatic rings. The van der Waals surface area contributed by atoms with Crippen molar-refractivity contribution in [3.05, 3.63) is 0 Å². The number of nitrogens with zero attached hydrogens (tertiary/aromatic N) is 1. The van der Waals surface area contributed by atoms with Crippen LogP contribution < -0.4 is 5.32 Å². The number of rotatable bonds is 2. The van der Waals surface area contributed by atoms with Gasteiger partial charge in [-0.3, -0.25) is 4.90 Å². The molecule has 0 amide bonds. The lowest BCUT2D eigenvalue weighted by Crippen LogP contribution is -2.56. The van der Waals surface area contributed by atoms with Gasteiger partial charge in [-0.2, -0.15) is 0 Å². The molecule has 2 N–H and O–H groups in total. The SMILES string of the molecule is CC(C)(C)N1CCNC(CCO)C1. The number of nitrogens with one attached hydrogen (secondary N) is 1.